The van der Waals surface area contributed by atoms with Gasteiger partial charge in [0, 0.05) is 19.4 Å². The van der Waals surface area contributed by atoms with Crippen molar-refractivity contribution >= 4 is 11.9 Å². The molecule has 360 valence electrons. The summed E-state index contributed by atoms with van der Waals surface area (Å²) in [6.07, 6.45) is 76.0. The van der Waals surface area contributed by atoms with Gasteiger partial charge in [-0.05, 0) is 128 Å². The molecule has 0 spiro atoms. The van der Waals surface area contributed by atoms with Crippen LogP contribution in [0, 0.1) is 0 Å². The van der Waals surface area contributed by atoms with E-state index in [-0.39, 0.29) is 25.2 Å². The molecule has 1 unspecified atom stereocenters. The number of rotatable bonds is 45. The average molecular weight is 883 g/mol. The number of hydrogen-bond acceptors (Lipinski definition) is 5. The fourth-order valence-electron chi connectivity index (χ4n) is 6.45. The lowest BCUT2D eigenvalue weighted by atomic mass is 10.1. The molecule has 0 amide bonds. The molecule has 0 heterocycles. The number of hydrogen-bond donors (Lipinski definition) is 0. The van der Waals surface area contributed by atoms with Crippen LogP contribution in [0.15, 0.2) is 134 Å². The molecule has 0 aliphatic heterocycles. The third-order valence-electron chi connectivity index (χ3n) is 10.2. The molecule has 0 rings (SSSR count). The first-order valence-corrected chi connectivity index (χ1v) is 25.7. The van der Waals surface area contributed by atoms with Crippen LogP contribution in [0.3, 0.4) is 0 Å². The minimum atomic E-state index is -0.582. The summed E-state index contributed by atoms with van der Waals surface area (Å²) in [6, 6.07) is 0. The smallest absolute Gasteiger partial charge is 0.306 e. The van der Waals surface area contributed by atoms with Crippen molar-refractivity contribution in [1.82, 2.24) is 0 Å². The highest BCUT2D eigenvalue weighted by atomic mass is 16.6. The Kier molecular flexibility index (Phi) is 50.1. The molecule has 64 heavy (non-hydrogen) atoms. The Bertz CT molecular complexity index is 1370. The summed E-state index contributed by atoms with van der Waals surface area (Å²) in [5.74, 6) is -0.486. The summed E-state index contributed by atoms with van der Waals surface area (Å²) in [6.45, 7) is 7.36. The summed E-state index contributed by atoms with van der Waals surface area (Å²) < 4.78 is 17.3. The molecule has 0 fully saturated rings. The Hall–Kier alpha value is -3.96. The fraction of sp³-hybridized carbons (Fsp3) is 0.593. The summed E-state index contributed by atoms with van der Waals surface area (Å²) >= 11 is 0. The third-order valence-corrected chi connectivity index (χ3v) is 10.2. The normalized spacial score (nSPS) is 13.4. The van der Waals surface area contributed by atoms with Gasteiger partial charge in [0.2, 0.25) is 0 Å². The molecule has 0 aromatic rings. The van der Waals surface area contributed by atoms with Gasteiger partial charge in [-0.3, -0.25) is 9.59 Å². The van der Waals surface area contributed by atoms with Gasteiger partial charge in [0.15, 0.2) is 6.10 Å². The molecule has 1 atom stereocenters. The Balaban J connectivity index is 4.44. The largest absolute Gasteiger partial charge is 0.462 e. The quantitative estimate of drug-likeness (QED) is 0.0346. The molecule has 0 aromatic heterocycles. The standard InChI is InChI=1S/C59H94O5/c1-4-7-10-13-16-19-22-25-28-29-30-33-36-39-42-45-48-51-54-62-55-57(64-59(61)53-50-47-44-41-38-35-32-27-24-21-18-15-12-9-6-3)56-63-58(60)52-49-46-43-40-37-34-31-26-23-20-17-14-11-8-5-2/h7-12,16-21,25-28,30-33,37,40,57H,4-6,13-15,22-24,29,34-36,38-39,41-56H2,1-3H3/b10-7-,11-8-,12-9-,19-16-,20-17-,21-18-,28-25-,31-26-,32-27-,33-30-,40-37-. The first kappa shape index (κ1) is 60.0. The third kappa shape index (κ3) is 50.7. The van der Waals surface area contributed by atoms with Crippen molar-refractivity contribution in [3.05, 3.63) is 134 Å². The molecule has 0 aromatic carbocycles. The van der Waals surface area contributed by atoms with Crippen LogP contribution in [-0.4, -0.2) is 37.9 Å². The minimum absolute atomic E-state index is 0.0396. The van der Waals surface area contributed by atoms with Crippen molar-refractivity contribution in [3.63, 3.8) is 0 Å². The van der Waals surface area contributed by atoms with Crippen molar-refractivity contribution in [2.75, 3.05) is 19.8 Å². The predicted molar refractivity (Wildman–Crippen MR) is 278 cm³/mol. The first-order valence-electron chi connectivity index (χ1n) is 25.7. The SMILES string of the molecule is CC/C=C\C/C=C\C/C=C\C/C=C\CCCCCCCOCC(COC(=O)CCCC/C=C\C/C=C\C/C=C\C/C=C\CC)OC(=O)CCCCCCC/C=C\C/C=C\C/C=C\CC. The van der Waals surface area contributed by atoms with E-state index >= 15 is 0 Å². The number of allylic oxidation sites excluding steroid dienone is 22. The van der Waals surface area contributed by atoms with E-state index in [1.807, 2.05) is 0 Å². The molecule has 0 bridgehead atoms. The van der Waals surface area contributed by atoms with Gasteiger partial charge in [0.25, 0.3) is 0 Å². The van der Waals surface area contributed by atoms with Gasteiger partial charge in [-0.1, -0.05) is 193 Å². The molecular formula is C59H94O5. The van der Waals surface area contributed by atoms with Gasteiger partial charge < -0.3 is 14.2 Å². The van der Waals surface area contributed by atoms with Crippen LogP contribution >= 0.6 is 0 Å². The number of unbranched alkanes of at least 4 members (excludes halogenated alkanes) is 12. The molecule has 0 saturated carbocycles. The molecule has 0 saturated heterocycles. The van der Waals surface area contributed by atoms with E-state index in [2.05, 4.69) is 154 Å². The molecule has 0 aliphatic rings. The number of ether oxygens (including phenoxy) is 3. The van der Waals surface area contributed by atoms with Crippen LogP contribution in [0.4, 0.5) is 0 Å². The topological polar surface area (TPSA) is 61.8 Å². The van der Waals surface area contributed by atoms with Gasteiger partial charge in [-0.25, -0.2) is 0 Å². The second-order valence-electron chi connectivity index (χ2n) is 16.3. The van der Waals surface area contributed by atoms with Gasteiger partial charge in [0.05, 0.1) is 6.61 Å². The van der Waals surface area contributed by atoms with Crippen LogP contribution in [0.2, 0.25) is 0 Å². The number of carbonyl (C=O) groups excluding carboxylic acids is 2. The second-order valence-corrected chi connectivity index (χ2v) is 16.3. The second kappa shape index (κ2) is 53.4. The van der Waals surface area contributed by atoms with Crippen molar-refractivity contribution in [2.45, 2.75) is 207 Å². The van der Waals surface area contributed by atoms with Crippen LogP contribution in [-0.2, 0) is 23.8 Å². The highest BCUT2D eigenvalue weighted by Crippen LogP contribution is 2.12. The van der Waals surface area contributed by atoms with E-state index < -0.39 is 6.10 Å². The molecule has 0 N–H and O–H groups in total. The Morgan fingerprint density at radius 1 is 0.344 bits per heavy atom. The maximum atomic E-state index is 12.8. The molecule has 0 aliphatic carbocycles. The predicted octanol–water partition coefficient (Wildman–Crippen LogP) is 17.6. The van der Waals surface area contributed by atoms with Crippen LogP contribution in [0.25, 0.3) is 0 Å². The lowest BCUT2D eigenvalue weighted by Crippen LogP contribution is -2.30. The van der Waals surface area contributed by atoms with E-state index in [4.69, 9.17) is 14.2 Å². The highest BCUT2D eigenvalue weighted by molar-refractivity contribution is 5.70. The highest BCUT2D eigenvalue weighted by Gasteiger charge is 2.17. The average Bonchev–Trinajstić information content (AvgIpc) is 3.30. The summed E-state index contributed by atoms with van der Waals surface area (Å²) in [5, 5.41) is 0. The maximum absolute atomic E-state index is 12.8. The van der Waals surface area contributed by atoms with Gasteiger partial charge in [0.1, 0.15) is 6.61 Å². The van der Waals surface area contributed by atoms with E-state index in [1.54, 1.807) is 0 Å². The Morgan fingerprint density at radius 2 is 0.656 bits per heavy atom. The molecule has 5 heteroatoms. The number of carbonyl (C=O) groups is 2. The van der Waals surface area contributed by atoms with E-state index in [0.29, 0.717) is 19.4 Å². The first-order chi connectivity index (χ1) is 31.6. The van der Waals surface area contributed by atoms with Crippen LogP contribution in [0.1, 0.15) is 201 Å². The van der Waals surface area contributed by atoms with Crippen molar-refractivity contribution in [3.8, 4) is 0 Å². The van der Waals surface area contributed by atoms with Crippen molar-refractivity contribution in [1.29, 1.82) is 0 Å². The zero-order chi connectivity index (χ0) is 46.3. The van der Waals surface area contributed by atoms with E-state index in [0.717, 1.165) is 141 Å². The molecular weight excluding hydrogens is 789 g/mol. The van der Waals surface area contributed by atoms with Gasteiger partial charge in [-0.2, -0.15) is 0 Å². The van der Waals surface area contributed by atoms with E-state index in [1.165, 1.54) is 25.7 Å². The lowest BCUT2D eigenvalue weighted by molar-refractivity contribution is -0.163. The monoisotopic (exact) mass is 883 g/mol. The minimum Gasteiger partial charge on any atom is -0.462 e. The lowest BCUT2D eigenvalue weighted by Gasteiger charge is -2.18. The summed E-state index contributed by atoms with van der Waals surface area (Å²) in [7, 11) is 0. The van der Waals surface area contributed by atoms with Crippen LogP contribution in [0.5, 0.6) is 0 Å². The molecule has 0 radical (unpaired) electrons. The fourth-order valence-corrected chi connectivity index (χ4v) is 6.45. The van der Waals surface area contributed by atoms with Gasteiger partial charge >= 0.3 is 11.9 Å². The summed E-state index contributed by atoms with van der Waals surface area (Å²) in [5.41, 5.74) is 0. The molecule has 5 nitrogen and oxygen atoms in total. The summed E-state index contributed by atoms with van der Waals surface area (Å²) in [4.78, 5) is 25.4. The van der Waals surface area contributed by atoms with Crippen molar-refractivity contribution < 1.29 is 23.8 Å². The Morgan fingerprint density at radius 3 is 1.08 bits per heavy atom. The van der Waals surface area contributed by atoms with Gasteiger partial charge in [-0.15, -0.1) is 0 Å². The maximum Gasteiger partial charge on any atom is 0.306 e. The zero-order valence-electron chi connectivity index (χ0n) is 41.2. The zero-order valence-corrected chi connectivity index (χ0v) is 41.2. The van der Waals surface area contributed by atoms with Crippen LogP contribution < -0.4 is 0 Å². The van der Waals surface area contributed by atoms with E-state index in [9.17, 15) is 9.59 Å². The number of esters is 2. The van der Waals surface area contributed by atoms with Crippen molar-refractivity contribution in [2.24, 2.45) is 0 Å². The Labute approximate surface area is 394 Å².